The van der Waals surface area contributed by atoms with Crippen LogP contribution in [0.5, 0.6) is 0 Å². The van der Waals surface area contributed by atoms with Crippen LogP contribution in [0, 0.1) is 5.41 Å². The van der Waals surface area contributed by atoms with Gasteiger partial charge in [0.15, 0.2) is 0 Å². The van der Waals surface area contributed by atoms with E-state index in [1.54, 1.807) is 7.05 Å². The number of rotatable bonds is 7. The van der Waals surface area contributed by atoms with Crippen LogP contribution in [-0.2, 0) is 17.1 Å². The molecule has 0 unspecified atom stereocenters. The second kappa shape index (κ2) is 6.04. The van der Waals surface area contributed by atoms with E-state index in [4.69, 9.17) is 11.6 Å². The molecule has 0 spiro atoms. The third-order valence-corrected chi connectivity index (χ3v) is 4.34. The van der Waals surface area contributed by atoms with E-state index in [1.165, 1.54) is 17.1 Å². The number of nitrogens with one attached hydrogen (secondary N) is 1. The number of halogens is 1. The summed E-state index contributed by atoms with van der Waals surface area (Å²) in [5, 5.41) is 3.86. The molecule has 0 bridgehead atoms. The zero-order valence-electron chi connectivity index (χ0n) is 11.0. The summed E-state index contributed by atoms with van der Waals surface area (Å²) in [6.45, 7) is 4.43. The Kier molecular flexibility index (Phi) is 5.19. The minimum Gasteiger partial charge on any atom is -0.274 e. The van der Waals surface area contributed by atoms with Crippen LogP contribution >= 0.6 is 11.6 Å². The van der Waals surface area contributed by atoms with Crippen LogP contribution in [0.4, 0.5) is 0 Å². The highest BCUT2D eigenvalue weighted by Crippen LogP contribution is 2.22. The predicted molar refractivity (Wildman–Crippen MR) is 72.1 cm³/mol. The van der Waals surface area contributed by atoms with E-state index in [1.807, 2.05) is 13.8 Å². The van der Waals surface area contributed by atoms with Crippen molar-refractivity contribution < 1.29 is 8.42 Å². The van der Waals surface area contributed by atoms with Gasteiger partial charge >= 0.3 is 0 Å². The summed E-state index contributed by atoms with van der Waals surface area (Å²) in [7, 11) is -1.78. The maximum atomic E-state index is 12.0. The molecule has 1 heterocycles. The van der Waals surface area contributed by atoms with E-state index >= 15 is 0 Å². The molecule has 5 nitrogen and oxygen atoms in total. The molecule has 7 heteroatoms. The summed E-state index contributed by atoms with van der Waals surface area (Å²) >= 11 is 5.65. The SMILES string of the molecule is Cn1cc(S(=O)(=O)NCC(C)(C)CCCCl)cn1. The fourth-order valence-electron chi connectivity index (χ4n) is 1.55. The molecule has 0 aliphatic rings. The minimum absolute atomic E-state index is 0.107. The largest absolute Gasteiger partial charge is 0.274 e. The van der Waals surface area contributed by atoms with Gasteiger partial charge in [-0.1, -0.05) is 13.8 Å². The van der Waals surface area contributed by atoms with Gasteiger partial charge in [0.2, 0.25) is 10.0 Å². The standard InChI is InChI=1S/C11H20ClN3O2S/c1-11(2,5-4-6-12)9-14-18(16,17)10-7-13-15(3)8-10/h7-8,14H,4-6,9H2,1-3H3. The van der Waals surface area contributed by atoms with Crippen LogP contribution in [0.25, 0.3) is 0 Å². The summed E-state index contributed by atoms with van der Waals surface area (Å²) in [5.41, 5.74) is -0.107. The number of alkyl halides is 1. The Morgan fingerprint density at radius 3 is 2.67 bits per heavy atom. The van der Waals surface area contributed by atoms with Crippen molar-refractivity contribution in [2.45, 2.75) is 31.6 Å². The molecule has 0 atom stereocenters. The van der Waals surface area contributed by atoms with Gasteiger partial charge in [-0.05, 0) is 18.3 Å². The molecule has 0 saturated carbocycles. The highest BCUT2D eigenvalue weighted by atomic mass is 35.5. The van der Waals surface area contributed by atoms with Crippen LogP contribution in [-0.4, -0.2) is 30.6 Å². The average Bonchev–Trinajstić information content (AvgIpc) is 2.72. The molecule has 0 aliphatic carbocycles. The monoisotopic (exact) mass is 293 g/mol. The van der Waals surface area contributed by atoms with E-state index in [0.717, 1.165) is 12.8 Å². The zero-order valence-corrected chi connectivity index (χ0v) is 12.6. The molecule has 0 fully saturated rings. The van der Waals surface area contributed by atoms with Crippen molar-refractivity contribution in [3.05, 3.63) is 12.4 Å². The van der Waals surface area contributed by atoms with Crippen LogP contribution in [0.2, 0.25) is 0 Å². The first-order valence-electron chi connectivity index (χ1n) is 5.81. The number of aromatic nitrogens is 2. The van der Waals surface area contributed by atoms with Crippen molar-refractivity contribution in [1.82, 2.24) is 14.5 Å². The topological polar surface area (TPSA) is 64.0 Å². The molecule has 0 radical (unpaired) electrons. The number of hydrogen-bond acceptors (Lipinski definition) is 3. The van der Waals surface area contributed by atoms with Gasteiger partial charge in [0, 0.05) is 25.7 Å². The number of sulfonamides is 1. The smallest absolute Gasteiger partial charge is 0.243 e. The molecule has 0 saturated heterocycles. The molecule has 104 valence electrons. The summed E-state index contributed by atoms with van der Waals surface area (Å²) in [4.78, 5) is 0.193. The van der Waals surface area contributed by atoms with Crippen molar-refractivity contribution in [2.75, 3.05) is 12.4 Å². The Bertz CT molecular complexity index is 482. The van der Waals surface area contributed by atoms with Gasteiger partial charge in [0.05, 0.1) is 6.20 Å². The van der Waals surface area contributed by atoms with Gasteiger partial charge in [-0.2, -0.15) is 5.10 Å². The van der Waals surface area contributed by atoms with Crippen LogP contribution in [0.3, 0.4) is 0 Å². The highest BCUT2D eigenvalue weighted by Gasteiger charge is 2.22. The number of aryl methyl sites for hydroxylation is 1. The van der Waals surface area contributed by atoms with E-state index in [0.29, 0.717) is 12.4 Å². The molecule has 18 heavy (non-hydrogen) atoms. The lowest BCUT2D eigenvalue weighted by molar-refractivity contribution is 0.331. The first-order chi connectivity index (χ1) is 8.27. The Balaban J connectivity index is 2.62. The summed E-state index contributed by atoms with van der Waals surface area (Å²) in [6.07, 6.45) is 4.58. The first kappa shape index (κ1) is 15.5. The molecular weight excluding hydrogens is 274 g/mol. The second-order valence-corrected chi connectivity index (χ2v) is 7.28. The first-order valence-corrected chi connectivity index (χ1v) is 7.83. The van der Waals surface area contributed by atoms with Crippen LogP contribution < -0.4 is 4.72 Å². The van der Waals surface area contributed by atoms with Crippen molar-refractivity contribution in [3.8, 4) is 0 Å². The van der Waals surface area contributed by atoms with Crippen molar-refractivity contribution in [3.63, 3.8) is 0 Å². The quantitative estimate of drug-likeness (QED) is 0.779. The van der Waals surface area contributed by atoms with E-state index < -0.39 is 10.0 Å². The van der Waals surface area contributed by atoms with Crippen molar-refractivity contribution in [1.29, 1.82) is 0 Å². The van der Waals surface area contributed by atoms with Crippen LogP contribution in [0.15, 0.2) is 17.3 Å². The highest BCUT2D eigenvalue weighted by molar-refractivity contribution is 7.89. The molecular formula is C11H20ClN3O2S. The van der Waals surface area contributed by atoms with Gasteiger partial charge in [0.1, 0.15) is 4.90 Å². The fraction of sp³-hybridized carbons (Fsp3) is 0.727. The Hall–Kier alpha value is -0.590. The van der Waals surface area contributed by atoms with Crippen LogP contribution in [0.1, 0.15) is 26.7 Å². The maximum Gasteiger partial charge on any atom is 0.243 e. The molecule has 0 amide bonds. The molecule has 0 aliphatic heterocycles. The molecule has 1 aromatic heterocycles. The van der Waals surface area contributed by atoms with E-state index in [2.05, 4.69) is 9.82 Å². The minimum atomic E-state index is -3.46. The number of hydrogen-bond donors (Lipinski definition) is 1. The van der Waals surface area contributed by atoms with Gasteiger partial charge in [-0.25, -0.2) is 13.1 Å². The van der Waals surface area contributed by atoms with E-state index in [9.17, 15) is 8.42 Å². The van der Waals surface area contributed by atoms with Gasteiger partial charge < -0.3 is 0 Å². The fourth-order valence-corrected chi connectivity index (χ4v) is 2.90. The Labute approximate surface area is 114 Å². The molecule has 0 aromatic carbocycles. The second-order valence-electron chi connectivity index (χ2n) is 5.13. The molecule has 1 N–H and O–H groups in total. The Morgan fingerprint density at radius 2 is 2.17 bits per heavy atom. The van der Waals surface area contributed by atoms with Crippen molar-refractivity contribution >= 4 is 21.6 Å². The predicted octanol–water partition coefficient (Wildman–Crippen LogP) is 1.74. The number of nitrogens with zero attached hydrogens (tertiary/aromatic N) is 2. The lowest BCUT2D eigenvalue weighted by Gasteiger charge is -2.24. The third-order valence-electron chi connectivity index (χ3n) is 2.72. The maximum absolute atomic E-state index is 12.0. The zero-order chi connectivity index (χ0) is 13.8. The van der Waals surface area contributed by atoms with Crippen molar-refractivity contribution in [2.24, 2.45) is 12.5 Å². The molecule has 1 rings (SSSR count). The Morgan fingerprint density at radius 1 is 1.50 bits per heavy atom. The normalized spacial score (nSPS) is 12.9. The molecule has 1 aromatic rings. The third kappa shape index (κ3) is 4.59. The van der Waals surface area contributed by atoms with E-state index in [-0.39, 0.29) is 10.3 Å². The lowest BCUT2D eigenvalue weighted by Crippen LogP contribution is -2.34. The van der Waals surface area contributed by atoms with Gasteiger partial charge in [-0.3, -0.25) is 4.68 Å². The summed E-state index contributed by atoms with van der Waals surface area (Å²) < 4.78 is 28.0. The van der Waals surface area contributed by atoms with Gasteiger partial charge in [-0.15, -0.1) is 11.6 Å². The lowest BCUT2D eigenvalue weighted by atomic mass is 9.88. The summed E-state index contributed by atoms with van der Waals surface area (Å²) in [5.74, 6) is 0.596. The average molecular weight is 294 g/mol. The summed E-state index contributed by atoms with van der Waals surface area (Å²) in [6, 6.07) is 0. The van der Waals surface area contributed by atoms with Gasteiger partial charge in [0.25, 0.3) is 0 Å².